The molecule has 13 heavy (non-hydrogen) atoms. The summed E-state index contributed by atoms with van der Waals surface area (Å²) in [4.78, 5) is 11.1. The van der Waals surface area contributed by atoms with Crippen LogP contribution in [0.4, 0.5) is 0 Å². The highest BCUT2D eigenvalue weighted by Crippen LogP contribution is 2.18. The van der Waals surface area contributed by atoms with Gasteiger partial charge >= 0.3 is 0 Å². The Morgan fingerprint density at radius 1 is 1.62 bits per heavy atom. The molecular weight excluding hydrogens is 164 g/mol. The van der Waals surface area contributed by atoms with Gasteiger partial charge in [0.25, 0.3) is 0 Å². The Kier molecular flexibility index (Phi) is 3.74. The number of carbonyl (C=O) groups excluding carboxylic acids is 1. The average Bonchev–Trinajstić information content (AvgIpc) is 2.15. The number of ether oxygens (including phenoxy) is 1. The normalized spacial score (nSPS) is 16.2. The maximum Gasteiger partial charge on any atom is 0.155 e. The molecule has 0 atom stereocenters. The highest BCUT2D eigenvalue weighted by atomic mass is 16.5. The molecule has 1 rings (SSSR count). The molecule has 1 aliphatic rings. The zero-order valence-electron chi connectivity index (χ0n) is 8.30. The minimum absolute atomic E-state index is 0.158. The van der Waals surface area contributed by atoms with Crippen LogP contribution in [-0.2, 0) is 9.53 Å². The van der Waals surface area contributed by atoms with Crippen molar-refractivity contribution in [3.8, 4) is 0 Å². The van der Waals surface area contributed by atoms with E-state index in [9.17, 15) is 4.79 Å². The highest BCUT2D eigenvalue weighted by molar-refractivity contribution is 5.93. The largest absolute Gasteiger partial charge is 0.494 e. The van der Waals surface area contributed by atoms with Crippen molar-refractivity contribution in [1.29, 1.82) is 0 Å². The van der Waals surface area contributed by atoms with Crippen LogP contribution in [0, 0.1) is 0 Å². The summed E-state index contributed by atoms with van der Waals surface area (Å²) in [5.41, 5.74) is 0.883. The molecule has 2 heteroatoms. The van der Waals surface area contributed by atoms with E-state index in [1.54, 1.807) is 6.92 Å². The van der Waals surface area contributed by atoms with Gasteiger partial charge in [-0.3, -0.25) is 4.79 Å². The van der Waals surface area contributed by atoms with E-state index in [4.69, 9.17) is 4.74 Å². The molecule has 0 saturated carbocycles. The van der Waals surface area contributed by atoms with Crippen LogP contribution < -0.4 is 0 Å². The van der Waals surface area contributed by atoms with E-state index >= 15 is 0 Å². The van der Waals surface area contributed by atoms with E-state index in [0.717, 1.165) is 37.2 Å². The lowest BCUT2D eigenvalue weighted by atomic mass is 10.0. The Balaban J connectivity index is 2.56. The first-order valence-electron chi connectivity index (χ1n) is 4.78. The van der Waals surface area contributed by atoms with Gasteiger partial charge in [0, 0.05) is 0 Å². The predicted octanol–water partition coefficient (Wildman–Crippen LogP) is 2.61. The quantitative estimate of drug-likeness (QED) is 0.664. The second kappa shape index (κ2) is 4.85. The van der Waals surface area contributed by atoms with Gasteiger partial charge < -0.3 is 4.74 Å². The van der Waals surface area contributed by atoms with Crippen LogP contribution in [0.3, 0.4) is 0 Å². The first-order chi connectivity index (χ1) is 6.24. The van der Waals surface area contributed by atoms with Crippen LogP contribution in [0.1, 0.15) is 33.1 Å². The zero-order valence-corrected chi connectivity index (χ0v) is 8.30. The van der Waals surface area contributed by atoms with Crippen molar-refractivity contribution < 1.29 is 9.53 Å². The Bertz CT molecular complexity index is 249. The first-order valence-corrected chi connectivity index (χ1v) is 4.78. The summed E-state index contributed by atoms with van der Waals surface area (Å²) in [7, 11) is 0. The summed E-state index contributed by atoms with van der Waals surface area (Å²) in [6.07, 6.45) is 6.68. The fourth-order valence-corrected chi connectivity index (χ4v) is 1.27. The van der Waals surface area contributed by atoms with E-state index in [0.29, 0.717) is 0 Å². The standard InChI is InChI=1S/C11H16O2/c1-3-7-13-11-6-4-5-10(8-11)9(2)12/h6,8H,3-5,7H2,1-2H3. The molecule has 0 heterocycles. The SMILES string of the molecule is CCCOC1=CCCC(C(C)=O)=C1. The molecule has 0 radical (unpaired) electrons. The number of Topliss-reactive ketones (excluding diaryl/α,β-unsaturated/α-hetero) is 1. The van der Waals surface area contributed by atoms with Crippen LogP contribution in [-0.4, -0.2) is 12.4 Å². The maximum atomic E-state index is 11.1. The van der Waals surface area contributed by atoms with E-state index in [-0.39, 0.29) is 5.78 Å². The van der Waals surface area contributed by atoms with Gasteiger partial charge in [-0.25, -0.2) is 0 Å². The third kappa shape index (κ3) is 3.05. The fourth-order valence-electron chi connectivity index (χ4n) is 1.27. The molecule has 0 N–H and O–H groups in total. The molecule has 1 aliphatic carbocycles. The predicted molar refractivity (Wildman–Crippen MR) is 52.3 cm³/mol. The summed E-state index contributed by atoms with van der Waals surface area (Å²) in [6, 6.07) is 0. The number of hydrogen-bond acceptors (Lipinski definition) is 2. The van der Waals surface area contributed by atoms with E-state index < -0.39 is 0 Å². The lowest BCUT2D eigenvalue weighted by Gasteiger charge is -2.12. The van der Waals surface area contributed by atoms with Gasteiger partial charge in [-0.05, 0) is 43.9 Å². The molecule has 0 aliphatic heterocycles. The molecule has 0 fully saturated rings. The lowest BCUT2D eigenvalue weighted by molar-refractivity contribution is -0.113. The molecule has 2 nitrogen and oxygen atoms in total. The minimum Gasteiger partial charge on any atom is -0.494 e. The van der Waals surface area contributed by atoms with Gasteiger partial charge in [0.15, 0.2) is 5.78 Å². The topological polar surface area (TPSA) is 26.3 Å². The van der Waals surface area contributed by atoms with Crippen molar-refractivity contribution in [2.75, 3.05) is 6.61 Å². The van der Waals surface area contributed by atoms with E-state index in [1.807, 2.05) is 12.2 Å². The molecule has 0 spiro atoms. The smallest absolute Gasteiger partial charge is 0.155 e. The van der Waals surface area contributed by atoms with Crippen molar-refractivity contribution in [1.82, 2.24) is 0 Å². The molecule has 0 aromatic rings. The van der Waals surface area contributed by atoms with Crippen molar-refractivity contribution in [2.24, 2.45) is 0 Å². The monoisotopic (exact) mass is 180 g/mol. The summed E-state index contributed by atoms with van der Waals surface area (Å²) >= 11 is 0. The highest BCUT2D eigenvalue weighted by Gasteiger charge is 2.09. The number of hydrogen-bond donors (Lipinski definition) is 0. The Morgan fingerprint density at radius 3 is 3.00 bits per heavy atom. The van der Waals surface area contributed by atoms with Crippen LogP contribution in [0.5, 0.6) is 0 Å². The molecular formula is C11H16O2. The molecule has 0 bridgehead atoms. The molecule has 0 aromatic carbocycles. The summed E-state index contributed by atoms with van der Waals surface area (Å²) in [5, 5.41) is 0. The number of rotatable bonds is 4. The summed E-state index contributed by atoms with van der Waals surface area (Å²) in [5.74, 6) is 1.02. The van der Waals surface area contributed by atoms with E-state index in [1.165, 1.54) is 0 Å². The van der Waals surface area contributed by atoms with E-state index in [2.05, 4.69) is 6.92 Å². The second-order valence-electron chi connectivity index (χ2n) is 3.22. The molecule has 0 unspecified atom stereocenters. The van der Waals surface area contributed by atoms with Gasteiger partial charge in [-0.1, -0.05) is 6.92 Å². The van der Waals surface area contributed by atoms with Crippen molar-refractivity contribution in [3.63, 3.8) is 0 Å². The second-order valence-corrected chi connectivity index (χ2v) is 3.22. The third-order valence-electron chi connectivity index (χ3n) is 2.00. The van der Waals surface area contributed by atoms with Crippen LogP contribution in [0.2, 0.25) is 0 Å². The van der Waals surface area contributed by atoms with Gasteiger partial charge in [-0.2, -0.15) is 0 Å². The molecule has 0 amide bonds. The van der Waals surface area contributed by atoms with Crippen LogP contribution in [0.25, 0.3) is 0 Å². The van der Waals surface area contributed by atoms with Gasteiger partial charge in [0.1, 0.15) is 5.76 Å². The maximum absolute atomic E-state index is 11.1. The molecule has 0 saturated heterocycles. The van der Waals surface area contributed by atoms with Crippen molar-refractivity contribution in [3.05, 3.63) is 23.5 Å². The molecule has 72 valence electrons. The fraction of sp³-hybridized carbons (Fsp3) is 0.545. The average molecular weight is 180 g/mol. The minimum atomic E-state index is 0.158. The van der Waals surface area contributed by atoms with Gasteiger partial charge in [-0.15, -0.1) is 0 Å². The zero-order chi connectivity index (χ0) is 9.68. The summed E-state index contributed by atoms with van der Waals surface area (Å²) < 4.78 is 5.44. The lowest BCUT2D eigenvalue weighted by Crippen LogP contribution is -2.03. The summed E-state index contributed by atoms with van der Waals surface area (Å²) in [6.45, 7) is 4.40. The number of allylic oxidation sites excluding steroid dienone is 3. The van der Waals surface area contributed by atoms with Crippen LogP contribution >= 0.6 is 0 Å². The Labute approximate surface area is 79.3 Å². The Morgan fingerprint density at radius 2 is 2.38 bits per heavy atom. The number of carbonyl (C=O) groups is 1. The van der Waals surface area contributed by atoms with Crippen LogP contribution in [0.15, 0.2) is 23.5 Å². The van der Waals surface area contributed by atoms with Gasteiger partial charge in [0.2, 0.25) is 0 Å². The third-order valence-corrected chi connectivity index (χ3v) is 2.00. The Hall–Kier alpha value is -1.05. The van der Waals surface area contributed by atoms with Gasteiger partial charge in [0.05, 0.1) is 6.61 Å². The first kappa shape index (κ1) is 10.0. The number of ketones is 1. The molecule has 0 aromatic heterocycles. The van der Waals surface area contributed by atoms with Crippen molar-refractivity contribution in [2.45, 2.75) is 33.1 Å². The van der Waals surface area contributed by atoms with Crippen molar-refractivity contribution >= 4 is 5.78 Å².